The minimum absolute atomic E-state index is 0.0430. The molecule has 1 saturated carbocycles. The van der Waals surface area contributed by atoms with Crippen LogP contribution in [0.1, 0.15) is 38.8 Å². The van der Waals surface area contributed by atoms with Crippen LogP contribution in [-0.2, 0) is 7.05 Å². The molecule has 1 heterocycles. The highest BCUT2D eigenvalue weighted by atomic mass is 16.2. The lowest BCUT2D eigenvalue weighted by Crippen LogP contribution is -2.48. The molecule has 2 amide bonds. The predicted molar refractivity (Wildman–Crippen MR) is 80.7 cm³/mol. The molecule has 1 fully saturated rings. The van der Waals surface area contributed by atoms with E-state index in [0.29, 0.717) is 17.9 Å². The monoisotopic (exact) mass is 278 g/mol. The predicted octanol–water partition coefficient (Wildman–Crippen LogP) is 3.02. The van der Waals surface area contributed by atoms with Gasteiger partial charge < -0.3 is 4.90 Å². The number of carbonyl (C=O) groups is 1. The van der Waals surface area contributed by atoms with Gasteiger partial charge in [0, 0.05) is 26.2 Å². The van der Waals surface area contributed by atoms with Gasteiger partial charge in [-0.3, -0.25) is 10.00 Å². The third-order valence-corrected chi connectivity index (χ3v) is 4.49. The molecule has 0 bridgehead atoms. The largest absolute Gasteiger partial charge is 0.324 e. The van der Waals surface area contributed by atoms with Gasteiger partial charge in [0.15, 0.2) is 0 Å². The van der Waals surface area contributed by atoms with Crippen LogP contribution in [0.15, 0.2) is 6.07 Å². The van der Waals surface area contributed by atoms with E-state index in [1.165, 1.54) is 19.3 Å². The van der Waals surface area contributed by atoms with Crippen molar-refractivity contribution in [1.82, 2.24) is 14.7 Å². The number of nitrogens with zero attached hydrogens (tertiary/aromatic N) is 3. The van der Waals surface area contributed by atoms with E-state index >= 15 is 0 Å². The Morgan fingerprint density at radius 1 is 1.40 bits per heavy atom. The van der Waals surface area contributed by atoms with Gasteiger partial charge in [0.2, 0.25) is 0 Å². The standard InChI is InChI=1S/C15H26N4O/c1-10-7-6-8-11(2)14(10)18(4)15(20)16-13-9-12(3)17-19(13)5/h9-11,14H,6-8H2,1-5H3,(H,16,20)/t10-,11-/m0/s1. The zero-order valence-electron chi connectivity index (χ0n) is 13.2. The summed E-state index contributed by atoms with van der Waals surface area (Å²) in [6.07, 6.45) is 3.68. The van der Waals surface area contributed by atoms with Crippen molar-refractivity contribution in [3.8, 4) is 0 Å². The smallest absolute Gasteiger partial charge is 0.323 e. The van der Waals surface area contributed by atoms with Crippen molar-refractivity contribution in [2.45, 2.75) is 46.1 Å². The molecular formula is C15H26N4O. The van der Waals surface area contributed by atoms with Crippen LogP contribution >= 0.6 is 0 Å². The van der Waals surface area contributed by atoms with E-state index in [9.17, 15) is 4.79 Å². The first-order chi connectivity index (χ1) is 9.40. The van der Waals surface area contributed by atoms with Crippen LogP contribution in [0.5, 0.6) is 0 Å². The molecule has 1 aromatic rings. The normalized spacial score (nSPS) is 23.6. The van der Waals surface area contributed by atoms with E-state index in [1.807, 2.05) is 32.0 Å². The number of anilines is 1. The Morgan fingerprint density at radius 3 is 2.50 bits per heavy atom. The third-order valence-electron chi connectivity index (χ3n) is 4.49. The molecule has 0 aliphatic heterocycles. The molecule has 2 atom stereocenters. The zero-order chi connectivity index (χ0) is 14.9. The molecule has 0 radical (unpaired) electrons. The fourth-order valence-electron chi connectivity index (χ4n) is 3.49. The Labute approximate surface area is 121 Å². The third kappa shape index (κ3) is 2.97. The SMILES string of the molecule is Cc1cc(NC(=O)N(C)C2[C@@H](C)CCC[C@@H]2C)n(C)n1. The number of aromatic nitrogens is 2. The topological polar surface area (TPSA) is 50.2 Å². The van der Waals surface area contributed by atoms with Crippen molar-refractivity contribution in [2.24, 2.45) is 18.9 Å². The summed E-state index contributed by atoms with van der Waals surface area (Å²) >= 11 is 0. The molecule has 112 valence electrons. The summed E-state index contributed by atoms with van der Waals surface area (Å²) < 4.78 is 1.70. The second-order valence-corrected chi connectivity index (χ2v) is 6.21. The maximum absolute atomic E-state index is 12.4. The first-order valence-corrected chi connectivity index (χ1v) is 7.44. The van der Waals surface area contributed by atoms with E-state index < -0.39 is 0 Å². The molecule has 1 aromatic heterocycles. The summed E-state index contributed by atoms with van der Waals surface area (Å²) in [6.45, 7) is 6.42. The summed E-state index contributed by atoms with van der Waals surface area (Å²) in [6, 6.07) is 2.16. The minimum Gasteiger partial charge on any atom is -0.324 e. The van der Waals surface area contributed by atoms with Crippen LogP contribution in [-0.4, -0.2) is 33.8 Å². The highest BCUT2D eigenvalue weighted by Gasteiger charge is 2.33. The maximum Gasteiger partial charge on any atom is 0.323 e. The summed E-state index contributed by atoms with van der Waals surface area (Å²) in [7, 11) is 3.75. The molecule has 0 unspecified atom stereocenters. The molecule has 0 aromatic carbocycles. The molecule has 0 spiro atoms. The van der Waals surface area contributed by atoms with Gasteiger partial charge in [0.05, 0.1) is 5.69 Å². The summed E-state index contributed by atoms with van der Waals surface area (Å²) in [5.41, 5.74) is 0.907. The van der Waals surface area contributed by atoms with Gasteiger partial charge >= 0.3 is 6.03 Å². The average molecular weight is 278 g/mol. The van der Waals surface area contributed by atoms with Crippen molar-refractivity contribution in [3.63, 3.8) is 0 Å². The van der Waals surface area contributed by atoms with Crippen LogP contribution in [0.4, 0.5) is 10.6 Å². The summed E-state index contributed by atoms with van der Waals surface area (Å²) in [5, 5.41) is 7.21. The molecule has 5 heteroatoms. The second kappa shape index (κ2) is 5.85. The highest BCUT2D eigenvalue weighted by molar-refractivity contribution is 5.88. The highest BCUT2D eigenvalue weighted by Crippen LogP contribution is 2.32. The van der Waals surface area contributed by atoms with Gasteiger partial charge in [-0.25, -0.2) is 4.79 Å². The molecule has 5 nitrogen and oxygen atoms in total. The van der Waals surface area contributed by atoms with Gasteiger partial charge in [-0.05, 0) is 31.6 Å². The number of rotatable bonds is 2. The number of nitrogens with one attached hydrogen (secondary N) is 1. The number of amides is 2. The van der Waals surface area contributed by atoms with Gasteiger partial charge in [-0.15, -0.1) is 0 Å². The van der Waals surface area contributed by atoms with E-state index in [0.717, 1.165) is 11.5 Å². The number of hydrogen-bond acceptors (Lipinski definition) is 2. The molecular weight excluding hydrogens is 252 g/mol. The fraction of sp³-hybridized carbons (Fsp3) is 0.733. The number of aryl methyl sites for hydroxylation is 2. The van der Waals surface area contributed by atoms with Gasteiger partial charge in [-0.1, -0.05) is 20.3 Å². The lowest BCUT2D eigenvalue weighted by molar-refractivity contribution is 0.115. The van der Waals surface area contributed by atoms with E-state index in [-0.39, 0.29) is 6.03 Å². The fourth-order valence-corrected chi connectivity index (χ4v) is 3.49. The number of hydrogen-bond donors (Lipinski definition) is 1. The van der Waals surface area contributed by atoms with Crippen molar-refractivity contribution in [3.05, 3.63) is 11.8 Å². The molecule has 2 rings (SSSR count). The summed E-state index contributed by atoms with van der Waals surface area (Å²) in [5.74, 6) is 1.86. The van der Waals surface area contributed by atoms with Crippen LogP contribution in [0.2, 0.25) is 0 Å². The van der Waals surface area contributed by atoms with Gasteiger partial charge in [0.25, 0.3) is 0 Å². The average Bonchev–Trinajstić information content (AvgIpc) is 2.67. The Morgan fingerprint density at radius 2 is 2.00 bits per heavy atom. The quantitative estimate of drug-likeness (QED) is 0.904. The van der Waals surface area contributed by atoms with Crippen molar-refractivity contribution < 1.29 is 4.79 Å². The Balaban J connectivity index is 2.06. The first kappa shape index (κ1) is 14.9. The van der Waals surface area contributed by atoms with E-state index in [4.69, 9.17) is 0 Å². The molecule has 1 N–H and O–H groups in total. The number of urea groups is 1. The lowest BCUT2D eigenvalue weighted by Gasteiger charge is -2.40. The maximum atomic E-state index is 12.4. The van der Waals surface area contributed by atoms with E-state index in [2.05, 4.69) is 24.3 Å². The molecule has 0 saturated heterocycles. The minimum atomic E-state index is -0.0430. The Hall–Kier alpha value is -1.52. The summed E-state index contributed by atoms with van der Waals surface area (Å²) in [4.78, 5) is 14.3. The number of carbonyl (C=O) groups excluding carboxylic acids is 1. The van der Waals surface area contributed by atoms with Crippen LogP contribution in [0.3, 0.4) is 0 Å². The van der Waals surface area contributed by atoms with E-state index in [1.54, 1.807) is 4.68 Å². The molecule has 1 aliphatic rings. The lowest BCUT2D eigenvalue weighted by atomic mass is 9.78. The molecule has 1 aliphatic carbocycles. The van der Waals surface area contributed by atoms with Gasteiger partial charge in [-0.2, -0.15) is 5.10 Å². The first-order valence-electron chi connectivity index (χ1n) is 7.44. The van der Waals surface area contributed by atoms with Gasteiger partial charge in [0.1, 0.15) is 5.82 Å². The zero-order valence-corrected chi connectivity index (χ0v) is 13.2. The van der Waals surface area contributed by atoms with Crippen LogP contribution in [0.25, 0.3) is 0 Å². The van der Waals surface area contributed by atoms with Crippen LogP contribution < -0.4 is 5.32 Å². The van der Waals surface area contributed by atoms with Crippen molar-refractivity contribution in [1.29, 1.82) is 0 Å². The Kier molecular flexibility index (Phi) is 4.35. The second-order valence-electron chi connectivity index (χ2n) is 6.21. The van der Waals surface area contributed by atoms with Crippen molar-refractivity contribution in [2.75, 3.05) is 12.4 Å². The van der Waals surface area contributed by atoms with Crippen LogP contribution in [0, 0.1) is 18.8 Å². The van der Waals surface area contributed by atoms with Crippen molar-refractivity contribution >= 4 is 11.8 Å². The Bertz CT molecular complexity index is 472. The molecule has 20 heavy (non-hydrogen) atoms.